The van der Waals surface area contributed by atoms with Crippen LogP contribution in [0.4, 0.5) is 24.5 Å². The molecule has 9 heteroatoms. The number of nitro benzene ring substituents is 1. The van der Waals surface area contributed by atoms with Crippen molar-refractivity contribution in [3.05, 3.63) is 63.5 Å². The Hall–Kier alpha value is -2.81. The summed E-state index contributed by atoms with van der Waals surface area (Å²) in [6.45, 7) is -3.78. The summed E-state index contributed by atoms with van der Waals surface area (Å²) in [5.41, 5.74) is -0.0557. The predicted octanol–water partition coefficient (Wildman–Crippen LogP) is 3.44. The van der Waals surface area contributed by atoms with Crippen molar-refractivity contribution in [2.45, 2.75) is 19.8 Å². The number of halogens is 3. The zero-order chi connectivity index (χ0) is 17.7. The number of nitrogens with one attached hydrogen (secondary N) is 1. The molecule has 0 aliphatic carbocycles. The van der Waals surface area contributed by atoms with Crippen molar-refractivity contribution in [1.29, 1.82) is 0 Å². The Morgan fingerprint density at radius 1 is 1.29 bits per heavy atom. The van der Waals surface area contributed by atoms with Gasteiger partial charge in [-0.2, -0.15) is 8.78 Å². The molecule has 2 rings (SSSR count). The SMILES string of the molecule is O=[N+]([O-])c1ccc(CO)cc1NCc1c(F)cccc1OC(F)F. The van der Waals surface area contributed by atoms with Crippen molar-refractivity contribution in [2.24, 2.45) is 0 Å². The molecule has 0 atom stereocenters. The second-order valence-electron chi connectivity index (χ2n) is 4.72. The highest BCUT2D eigenvalue weighted by atomic mass is 19.3. The van der Waals surface area contributed by atoms with E-state index >= 15 is 0 Å². The number of ether oxygens (including phenoxy) is 1. The van der Waals surface area contributed by atoms with E-state index in [1.54, 1.807) is 0 Å². The molecule has 0 saturated heterocycles. The van der Waals surface area contributed by atoms with Crippen LogP contribution >= 0.6 is 0 Å². The van der Waals surface area contributed by atoms with Crippen LogP contribution in [-0.4, -0.2) is 16.6 Å². The van der Waals surface area contributed by atoms with Gasteiger partial charge in [0.15, 0.2) is 0 Å². The molecule has 6 nitrogen and oxygen atoms in total. The Bertz CT molecular complexity index is 741. The number of hydrogen-bond donors (Lipinski definition) is 2. The molecular weight excluding hydrogens is 329 g/mol. The first-order chi connectivity index (χ1) is 11.4. The lowest BCUT2D eigenvalue weighted by Gasteiger charge is -2.13. The van der Waals surface area contributed by atoms with Crippen molar-refractivity contribution >= 4 is 11.4 Å². The molecule has 0 aliphatic rings. The molecule has 0 spiro atoms. The lowest BCUT2D eigenvalue weighted by Crippen LogP contribution is -2.10. The molecule has 0 heterocycles. The fourth-order valence-corrected chi connectivity index (χ4v) is 2.08. The zero-order valence-corrected chi connectivity index (χ0v) is 12.2. The maximum absolute atomic E-state index is 13.9. The van der Waals surface area contributed by atoms with Gasteiger partial charge in [-0.1, -0.05) is 6.07 Å². The van der Waals surface area contributed by atoms with Gasteiger partial charge in [-0.15, -0.1) is 0 Å². The number of benzene rings is 2. The van der Waals surface area contributed by atoms with Crippen LogP contribution in [-0.2, 0) is 13.2 Å². The summed E-state index contributed by atoms with van der Waals surface area (Å²) in [6.07, 6.45) is 0. The predicted molar refractivity (Wildman–Crippen MR) is 79.4 cm³/mol. The van der Waals surface area contributed by atoms with Crippen molar-refractivity contribution < 1.29 is 27.9 Å². The molecule has 2 N–H and O–H groups in total. The fourth-order valence-electron chi connectivity index (χ4n) is 2.08. The number of alkyl halides is 2. The van der Waals surface area contributed by atoms with Crippen LogP contribution < -0.4 is 10.1 Å². The van der Waals surface area contributed by atoms with E-state index in [0.29, 0.717) is 5.56 Å². The number of anilines is 1. The Morgan fingerprint density at radius 2 is 2.04 bits per heavy atom. The number of hydrogen-bond acceptors (Lipinski definition) is 5. The highest BCUT2D eigenvalue weighted by Crippen LogP contribution is 2.29. The third kappa shape index (κ3) is 4.13. The van der Waals surface area contributed by atoms with Crippen molar-refractivity contribution in [3.8, 4) is 5.75 Å². The Balaban J connectivity index is 2.29. The standard InChI is InChI=1S/C15H13F3N2O4/c16-11-2-1-3-14(24-15(17)18)10(11)7-19-12-6-9(8-21)4-5-13(12)20(22)23/h1-6,15,19,21H,7-8H2. The Kier molecular flexibility index (Phi) is 5.59. The quantitative estimate of drug-likeness (QED) is 0.595. The van der Waals surface area contributed by atoms with Crippen LogP contribution in [0.3, 0.4) is 0 Å². The maximum Gasteiger partial charge on any atom is 0.387 e. The monoisotopic (exact) mass is 342 g/mol. The van der Waals surface area contributed by atoms with Crippen LogP contribution in [0.15, 0.2) is 36.4 Å². The molecule has 0 saturated carbocycles. The van der Waals surface area contributed by atoms with E-state index in [-0.39, 0.29) is 35.8 Å². The molecule has 0 radical (unpaired) electrons. The fraction of sp³-hybridized carbons (Fsp3) is 0.200. The van der Waals surface area contributed by atoms with Gasteiger partial charge in [-0.3, -0.25) is 10.1 Å². The van der Waals surface area contributed by atoms with Gasteiger partial charge in [0.05, 0.1) is 11.5 Å². The minimum absolute atomic E-state index is 0.0257. The Morgan fingerprint density at radius 3 is 2.67 bits per heavy atom. The molecule has 0 bridgehead atoms. The molecule has 2 aromatic carbocycles. The van der Waals surface area contributed by atoms with Gasteiger partial charge in [0.2, 0.25) is 0 Å². The minimum Gasteiger partial charge on any atom is -0.434 e. The van der Waals surface area contributed by atoms with Crippen LogP contribution in [0.1, 0.15) is 11.1 Å². The van der Waals surface area contributed by atoms with E-state index in [0.717, 1.165) is 6.07 Å². The molecule has 0 aromatic heterocycles. The van der Waals surface area contributed by atoms with Gasteiger partial charge >= 0.3 is 6.61 Å². The first kappa shape index (κ1) is 17.5. The summed E-state index contributed by atoms with van der Waals surface area (Å²) < 4.78 is 42.9. The van der Waals surface area contributed by atoms with E-state index < -0.39 is 17.4 Å². The topological polar surface area (TPSA) is 84.6 Å². The minimum atomic E-state index is -3.13. The van der Waals surface area contributed by atoms with E-state index in [4.69, 9.17) is 5.11 Å². The van der Waals surface area contributed by atoms with E-state index in [2.05, 4.69) is 10.1 Å². The lowest BCUT2D eigenvalue weighted by atomic mass is 10.1. The normalized spacial score (nSPS) is 10.7. The molecular formula is C15H13F3N2O4. The molecule has 2 aromatic rings. The zero-order valence-electron chi connectivity index (χ0n) is 12.2. The highest BCUT2D eigenvalue weighted by Gasteiger charge is 2.17. The Labute approximate surface area is 134 Å². The molecule has 0 aliphatic heterocycles. The average Bonchev–Trinajstić information content (AvgIpc) is 2.53. The number of nitro groups is 1. The van der Waals surface area contributed by atoms with Gasteiger partial charge in [-0.25, -0.2) is 4.39 Å². The van der Waals surface area contributed by atoms with Crippen molar-refractivity contribution in [2.75, 3.05) is 5.32 Å². The third-order valence-electron chi connectivity index (χ3n) is 3.19. The average molecular weight is 342 g/mol. The summed E-state index contributed by atoms with van der Waals surface area (Å²) in [4.78, 5) is 10.4. The number of aliphatic hydroxyl groups excluding tert-OH is 1. The molecule has 0 unspecified atom stereocenters. The summed E-state index contributed by atoms with van der Waals surface area (Å²) in [5, 5.41) is 22.7. The summed E-state index contributed by atoms with van der Waals surface area (Å²) in [7, 11) is 0. The summed E-state index contributed by atoms with van der Waals surface area (Å²) in [5.74, 6) is -1.15. The van der Waals surface area contributed by atoms with E-state index in [1.165, 1.54) is 30.3 Å². The molecule has 0 amide bonds. The van der Waals surface area contributed by atoms with Crippen molar-refractivity contribution in [3.63, 3.8) is 0 Å². The summed E-state index contributed by atoms with van der Waals surface area (Å²) in [6, 6.07) is 7.33. The first-order valence-corrected chi connectivity index (χ1v) is 6.76. The van der Waals surface area contributed by atoms with Crippen LogP contribution in [0, 0.1) is 15.9 Å². The third-order valence-corrected chi connectivity index (χ3v) is 3.19. The lowest BCUT2D eigenvalue weighted by molar-refractivity contribution is -0.384. The smallest absolute Gasteiger partial charge is 0.387 e. The molecule has 128 valence electrons. The van der Waals surface area contributed by atoms with Crippen LogP contribution in [0.2, 0.25) is 0 Å². The van der Waals surface area contributed by atoms with Crippen LogP contribution in [0.25, 0.3) is 0 Å². The van der Waals surface area contributed by atoms with Gasteiger partial charge in [0.1, 0.15) is 17.3 Å². The van der Waals surface area contributed by atoms with Crippen LogP contribution in [0.5, 0.6) is 5.75 Å². The maximum atomic E-state index is 13.9. The first-order valence-electron chi connectivity index (χ1n) is 6.76. The number of aliphatic hydroxyl groups is 1. The second kappa shape index (κ2) is 7.64. The number of rotatable bonds is 7. The molecule has 24 heavy (non-hydrogen) atoms. The van der Waals surface area contributed by atoms with Gasteiger partial charge in [0, 0.05) is 18.2 Å². The van der Waals surface area contributed by atoms with Gasteiger partial charge in [-0.05, 0) is 29.8 Å². The van der Waals surface area contributed by atoms with Crippen molar-refractivity contribution in [1.82, 2.24) is 0 Å². The molecule has 0 fully saturated rings. The van der Waals surface area contributed by atoms with E-state index in [1.807, 2.05) is 0 Å². The van der Waals surface area contributed by atoms with Gasteiger partial charge < -0.3 is 15.2 Å². The number of nitrogens with zero attached hydrogens (tertiary/aromatic N) is 1. The highest BCUT2D eigenvalue weighted by molar-refractivity contribution is 5.63. The van der Waals surface area contributed by atoms with E-state index in [9.17, 15) is 23.3 Å². The summed E-state index contributed by atoms with van der Waals surface area (Å²) >= 11 is 0. The van der Waals surface area contributed by atoms with Gasteiger partial charge in [0.25, 0.3) is 5.69 Å². The second-order valence-corrected chi connectivity index (χ2v) is 4.72. The largest absolute Gasteiger partial charge is 0.434 e.